The molecule has 142 valence electrons. The molecule has 0 unspecified atom stereocenters. The average molecular weight is 379 g/mol. The quantitative estimate of drug-likeness (QED) is 0.539. The fourth-order valence-corrected chi connectivity index (χ4v) is 2.97. The highest BCUT2D eigenvalue weighted by Crippen LogP contribution is 2.29. The van der Waals surface area contributed by atoms with Crippen LogP contribution in [0.25, 0.3) is 10.8 Å². The Morgan fingerprint density at radius 1 is 0.964 bits per heavy atom. The first-order valence-corrected chi connectivity index (χ1v) is 9.00. The second-order valence-electron chi connectivity index (χ2n) is 6.45. The van der Waals surface area contributed by atoms with Crippen molar-refractivity contribution in [3.8, 4) is 11.8 Å². The maximum absolute atomic E-state index is 12.5. The van der Waals surface area contributed by atoms with Crippen molar-refractivity contribution >= 4 is 10.8 Å². The van der Waals surface area contributed by atoms with Gasteiger partial charge >= 0.3 is 6.18 Å². The van der Waals surface area contributed by atoms with E-state index in [0.29, 0.717) is 12.1 Å². The molecule has 3 rings (SSSR count). The van der Waals surface area contributed by atoms with E-state index in [1.165, 1.54) is 28.5 Å². The number of fused-ring (bicyclic) bond motifs is 1. The summed E-state index contributed by atoms with van der Waals surface area (Å²) in [7, 11) is 0. The third kappa shape index (κ3) is 5.03. The van der Waals surface area contributed by atoms with Crippen molar-refractivity contribution in [2.45, 2.75) is 19.1 Å². The van der Waals surface area contributed by atoms with Crippen molar-refractivity contribution < 1.29 is 13.2 Å². The highest BCUT2D eigenvalue weighted by atomic mass is 19.4. The predicted octanol–water partition coefficient (Wildman–Crippen LogP) is 6.12. The second kappa shape index (κ2) is 8.77. The number of rotatable bonds is 4. The van der Waals surface area contributed by atoms with E-state index in [0.717, 1.165) is 12.1 Å². The summed E-state index contributed by atoms with van der Waals surface area (Å²) in [5, 5.41) is 5.88. The second-order valence-corrected chi connectivity index (χ2v) is 6.45. The van der Waals surface area contributed by atoms with Crippen LogP contribution in [-0.2, 0) is 6.18 Å². The van der Waals surface area contributed by atoms with E-state index in [-0.39, 0.29) is 6.04 Å². The lowest BCUT2D eigenvalue weighted by atomic mass is 10.00. The van der Waals surface area contributed by atoms with Crippen molar-refractivity contribution in [1.82, 2.24) is 5.32 Å². The number of hydrogen-bond donors (Lipinski definition) is 1. The van der Waals surface area contributed by atoms with E-state index >= 15 is 0 Å². The predicted molar refractivity (Wildman–Crippen MR) is 108 cm³/mol. The first-order valence-electron chi connectivity index (χ1n) is 9.00. The molecule has 0 fully saturated rings. The molecule has 1 atom stereocenters. The molecule has 0 aromatic heterocycles. The smallest absolute Gasteiger partial charge is 0.307 e. The Labute approximate surface area is 162 Å². The normalized spacial score (nSPS) is 12.7. The molecule has 0 heterocycles. The number of nitrogens with one attached hydrogen (secondary N) is 1. The van der Waals surface area contributed by atoms with Gasteiger partial charge in [-0.05, 0) is 53.6 Å². The van der Waals surface area contributed by atoms with Gasteiger partial charge in [-0.2, -0.15) is 13.2 Å². The van der Waals surface area contributed by atoms with Crippen LogP contribution in [0.5, 0.6) is 0 Å². The Morgan fingerprint density at radius 3 is 2.43 bits per heavy atom. The van der Waals surface area contributed by atoms with Crippen LogP contribution in [0.15, 0.2) is 78.9 Å². The maximum atomic E-state index is 12.5. The first-order chi connectivity index (χ1) is 13.4. The lowest BCUT2D eigenvalue weighted by Crippen LogP contribution is -2.18. The van der Waals surface area contributed by atoms with Crippen molar-refractivity contribution in [2.24, 2.45) is 0 Å². The summed E-state index contributed by atoms with van der Waals surface area (Å²) < 4.78 is 37.6. The average Bonchev–Trinajstić information content (AvgIpc) is 2.69. The molecule has 0 aliphatic heterocycles. The van der Waals surface area contributed by atoms with Crippen molar-refractivity contribution in [3.05, 3.63) is 95.6 Å². The standard InChI is InChI=1S/C24H20F3N/c1-18(22-12-7-10-20-9-4-5-11-23(20)22)28-17-6-2-3-8-19-13-15-21(16-14-19)24(25,26)27/h2,4-7,9-16,18,28H,17H2,1H3/b6-2+/t18-/m1/s1. The Morgan fingerprint density at radius 2 is 1.68 bits per heavy atom. The fourth-order valence-electron chi connectivity index (χ4n) is 2.97. The summed E-state index contributed by atoms with van der Waals surface area (Å²) >= 11 is 0. The van der Waals surface area contributed by atoms with Gasteiger partial charge < -0.3 is 5.32 Å². The number of halogens is 3. The molecule has 28 heavy (non-hydrogen) atoms. The summed E-state index contributed by atoms with van der Waals surface area (Å²) in [5.41, 5.74) is 1.12. The zero-order chi connectivity index (χ0) is 20.0. The molecule has 1 nitrogen and oxygen atoms in total. The third-order valence-corrected chi connectivity index (χ3v) is 4.46. The van der Waals surface area contributed by atoms with Crippen LogP contribution in [0.2, 0.25) is 0 Å². The van der Waals surface area contributed by atoms with E-state index in [2.05, 4.69) is 54.4 Å². The molecule has 0 bridgehead atoms. The van der Waals surface area contributed by atoms with Gasteiger partial charge in [0, 0.05) is 18.2 Å². The van der Waals surface area contributed by atoms with Crippen molar-refractivity contribution in [3.63, 3.8) is 0 Å². The van der Waals surface area contributed by atoms with Gasteiger partial charge in [0.25, 0.3) is 0 Å². The molecule has 0 radical (unpaired) electrons. The molecule has 1 N–H and O–H groups in total. The molecular weight excluding hydrogens is 359 g/mol. The van der Waals surface area contributed by atoms with Crippen LogP contribution in [0.3, 0.4) is 0 Å². The maximum Gasteiger partial charge on any atom is 0.416 e. The van der Waals surface area contributed by atoms with E-state index < -0.39 is 11.7 Å². The van der Waals surface area contributed by atoms with Gasteiger partial charge in [0.15, 0.2) is 0 Å². The van der Waals surface area contributed by atoms with Crippen LogP contribution < -0.4 is 5.32 Å². The third-order valence-electron chi connectivity index (χ3n) is 4.46. The van der Waals surface area contributed by atoms with E-state index in [9.17, 15) is 13.2 Å². The summed E-state index contributed by atoms with van der Waals surface area (Å²) in [6, 6.07) is 19.6. The monoisotopic (exact) mass is 379 g/mol. The number of allylic oxidation sites excluding steroid dienone is 1. The number of hydrogen-bond acceptors (Lipinski definition) is 1. The molecule has 3 aromatic rings. The summed E-state index contributed by atoms with van der Waals surface area (Å²) in [4.78, 5) is 0. The first kappa shape index (κ1) is 19.7. The van der Waals surface area contributed by atoms with Gasteiger partial charge in [-0.3, -0.25) is 0 Å². The Hall–Kier alpha value is -3.03. The van der Waals surface area contributed by atoms with E-state index in [4.69, 9.17) is 0 Å². The van der Waals surface area contributed by atoms with Gasteiger partial charge in [-0.15, -0.1) is 0 Å². The number of benzene rings is 3. The summed E-state index contributed by atoms with van der Waals surface area (Å²) in [5.74, 6) is 5.69. The Balaban J connectivity index is 1.55. The van der Waals surface area contributed by atoms with Gasteiger partial charge in [0.2, 0.25) is 0 Å². The van der Waals surface area contributed by atoms with Gasteiger partial charge in [0.05, 0.1) is 5.56 Å². The minimum Gasteiger partial charge on any atom is -0.307 e. The molecule has 0 aliphatic rings. The minimum absolute atomic E-state index is 0.179. The van der Waals surface area contributed by atoms with Gasteiger partial charge in [-0.25, -0.2) is 0 Å². The van der Waals surface area contributed by atoms with Crippen molar-refractivity contribution in [1.29, 1.82) is 0 Å². The molecule has 0 amide bonds. The molecule has 0 aliphatic carbocycles. The van der Waals surface area contributed by atoms with Crippen LogP contribution in [-0.4, -0.2) is 6.54 Å². The molecule has 3 aromatic carbocycles. The van der Waals surface area contributed by atoms with Crippen LogP contribution in [0.4, 0.5) is 13.2 Å². The fraction of sp³-hybridized carbons (Fsp3) is 0.167. The topological polar surface area (TPSA) is 12.0 Å². The zero-order valence-corrected chi connectivity index (χ0v) is 15.4. The molecule has 0 saturated carbocycles. The zero-order valence-electron chi connectivity index (χ0n) is 15.4. The SMILES string of the molecule is C[C@@H](NC/C=C/C#Cc1ccc(C(F)(F)F)cc1)c1cccc2ccccc12. The Kier molecular flexibility index (Phi) is 6.18. The highest BCUT2D eigenvalue weighted by molar-refractivity contribution is 5.86. The number of alkyl halides is 3. The highest BCUT2D eigenvalue weighted by Gasteiger charge is 2.29. The van der Waals surface area contributed by atoms with Crippen LogP contribution >= 0.6 is 0 Å². The molecule has 0 spiro atoms. The Bertz CT molecular complexity index is 1020. The summed E-state index contributed by atoms with van der Waals surface area (Å²) in [6.07, 6.45) is -0.711. The minimum atomic E-state index is -4.32. The molecule has 4 heteroatoms. The van der Waals surface area contributed by atoms with Crippen molar-refractivity contribution in [2.75, 3.05) is 6.54 Å². The van der Waals surface area contributed by atoms with Gasteiger partial charge in [-0.1, -0.05) is 60.4 Å². The molecular formula is C24H20F3N. The summed E-state index contributed by atoms with van der Waals surface area (Å²) in [6.45, 7) is 2.76. The van der Waals surface area contributed by atoms with Crippen LogP contribution in [0, 0.1) is 11.8 Å². The van der Waals surface area contributed by atoms with E-state index in [1.54, 1.807) is 6.08 Å². The van der Waals surface area contributed by atoms with Crippen LogP contribution in [0.1, 0.15) is 29.7 Å². The van der Waals surface area contributed by atoms with Gasteiger partial charge in [0.1, 0.15) is 0 Å². The molecule has 0 saturated heterocycles. The lowest BCUT2D eigenvalue weighted by Gasteiger charge is -2.15. The largest absolute Gasteiger partial charge is 0.416 e. The lowest BCUT2D eigenvalue weighted by molar-refractivity contribution is -0.137. The van der Waals surface area contributed by atoms with E-state index in [1.807, 2.05) is 18.2 Å².